The maximum absolute atomic E-state index is 15.2. The van der Waals surface area contributed by atoms with Crippen molar-refractivity contribution in [1.82, 2.24) is 67.5 Å². The van der Waals surface area contributed by atoms with Gasteiger partial charge in [-0.25, -0.2) is 14.4 Å². The number of nitrogens with zero attached hydrogens (tertiary/aromatic N) is 3. The summed E-state index contributed by atoms with van der Waals surface area (Å²) in [5.74, 6) is -12.9. The monoisotopic (exact) mass is 1450 g/mol. The number of aromatic amines is 1. The molecule has 20 N–H and O–H groups in total. The average Bonchev–Trinajstić information content (AvgIpc) is 1.62. The third kappa shape index (κ3) is 24.9. The molecule has 37 nitrogen and oxygen atoms in total. The Morgan fingerprint density at radius 3 is 2.07 bits per heavy atom. The molecule has 2 aliphatic heterocycles. The summed E-state index contributed by atoms with van der Waals surface area (Å²) >= 11 is 0. The molecule has 102 heavy (non-hydrogen) atoms. The van der Waals surface area contributed by atoms with E-state index in [1.807, 2.05) is 0 Å². The molecule has 0 aliphatic carbocycles. The first-order chi connectivity index (χ1) is 48.1. The van der Waals surface area contributed by atoms with Crippen molar-refractivity contribution in [3.05, 3.63) is 53.6 Å². The van der Waals surface area contributed by atoms with Crippen LogP contribution in [-0.2, 0) is 81.3 Å². The molecule has 1 aromatic heterocycles. The summed E-state index contributed by atoms with van der Waals surface area (Å²) in [5.41, 5.74) is 17.6. The second-order valence-electron chi connectivity index (χ2n) is 25.4. The first-order valence-corrected chi connectivity index (χ1v) is 34.3. The highest BCUT2D eigenvalue weighted by molar-refractivity contribution is 7.85. The summed E-state index contributed by atoms with van der Waals surface area (Å²) in [5, 5.41) is 55.5. The number of fused-ring (bicyclic) bond motifs is 3. The molecule has 0 saturated carbocycles. The molecular formula is C64H95N17O20S. The number of nitrogens with two attached hydrogens (primary N) is 3. The van der Waals surface area contributed by atoms with E-state index in [-0.39, 0.29) is 85.3 Å². The van der Waals surface area contributed by atoms with Crippen LogP contribution in [0.2, 0.25) is 0 Å². The third-order valence-corrected chi connectivity index (χ3v) is 18.4. The summed E-state index contributed by atoms with van der Waals surface area (Å²) < 4.78 is 26.4. The highest BCUT2D eigenvalue weighted by Gasteiger charge is 2.39. The smallest absolute Gasteiger partial charge is 0.415 e. The number of hydrogen-bond acceptors (Lipinski definition) is 21. The summed E-state index contributed by atoms with van der Waals surface area (Å²) in [6.45, 7) is 6.39. The van der Waals surface area contributed by atoms with Crippen LogP contribution in [0.4, 0.5) is 20.1 Å². The second kappa shape index (κ2) is 39.2. The summed E-state index contributed by atoms with van der Waals surface area (Å²) in [6.07, 6.45) is -4.70. The van der Waals surface area contributed by atoms with Crippen molar-refractivity contribution in [2.45, 2.75) is 146 Å². The van der Waals surface area contributed by atoms with Crippen LogP contribution in [0.15, 0.2) is 47.5 Å². The number of aromatic nitrogens is 1. The largest absolute Gasteiger partial charge is 0.445 e. The lowest BCUT2D eigenvalue weighted by Gasteiger charge is -2.29. The minimum absolute atomic E-state index is 0.0335. The number of anilines is 1. The number of benzene rings is 2. The molecule has 0 radical (unpaired) electrons. The molecular weight excluding hydrogens is 1360 g/mol. The number of H-pyrrole nitrogens is 1. The Morgan fingerprint density at radius 2 is 1.47 bits per heavy atom. The zero-order valence-corrected chi connectivity index (χ0v) is 58.9. The molecule has 0 spiro atoms. The van der Waals surface area contributed by atoms with Gasteiger partial charge in [0.25, 0.3) is 0 Å². The molecule has 3 aromatic rings. The van der Waals surface area contributed by atoms with Crippen LogP contribution >= 0.6 is 0 Å². The number of hydrogen-bond donors (Lipinski definition) is 17. The Balaban J connectivity index is 1.43. The lowest BCUT2D eigenvalue weighted by Crippen LogP contribution is -2.59. The Morgan fingerprint density at radius 1 is 0.824 bits per heavy atom. The number of β-amino-alcohol motifs (C(OH)–C–C–N with tert-alkyl or cyclic N) is 1. The number of urea groups is 1. The molecule has 5 rings (SSSR count). The quantitative estimate of drug-likeness (QED) is 0.0305. The van der Waals surface area contributed by atoms with E-state index >= 15 is 4.21 Å². The van der Waals surface area contributed by atoms with Crippen LogP contribution in [0.25, 0.3) is 10.9 Å². The normalized spacial score (nSPS) is 19.7. The Hall–Kier alpha value is -10.0. The number of carbonyl (C=O) groups excluding carboxylic acids is 14. The van der Waals surface area contributed by atoms with Crippen LogP contribution in [0.1, 0.15) is 84.8 Å². The van der Waals surface area contributed by atoms with Crippen LogP contribution < -0.4 is 75.1 Å². The van der Waals surface area contributed by atoms with Gasteiger partial charge in [0.1, 0.15) is 53.6 Å². The lowest BCUT2D eigenvalue weighted by molar-refractivity contribution is -0.138. The van der Waals surface area contributed by atoms with Gasteiger partial charge >= 0.3 is 18.2 Å². The van der Waals surface area contributed by atoms with Crippen molar-refractivity contribution in [3.8, 4) is 5.75 Å². The predicted octanol–water partition coefficient (Wildman–Crippen LogP) is -4.43. The Labute approximate surface area is 590 Å². The molecule has 2 aliphatic rings. The van der Waals surface area contributed by atoms with Crippen molar-refractivity contribution in [1.29, 1.82) is 0 Å². The fourth-order valence-corrected chi connectivity index (χ4v) is 12.0. The fourth-order valence-electron chi connectivity index (χ4n) is 10.6. The number of likely N-dealkylation sites (tertiary alicyclic amines) is 1. The molecule has 12 atom stereocenters. The predicted molar refractivity (Wildman–Crippen MR) is 365 cm³/mol. The lowest BCUT2D eigenvalue weighted by atomic mass is 9.94. The van der Waals surface area contributed by atoms with Gasteiger partial charge in [-0.3, -0.25) is 56.9 Å². The minimum Gasteiger partial charge on any atom is -0.445 e. The molecule has 38 heteroatoms. The first-order valence-electron chi connectivity index (χ1n) is 33.0. The van der Waals surface area contributed by atoms with Crippen LogP contribution in [0.5, 0.6) is 5.75 Å². The molecule has 562 valence electrons. The zero-order chi connectivity index (χ0) is 75.8. The molecule has 3 heterocycles. The van der Waals surface area contributed by atoms with Gasteiger partial charge in [0.05, 0.1) is 66.4 Å². The molecule has 0 bridgehead atoms. The topological polar surface area (TPSA) is 559 Å². The number of aliphatic hydroxyl groups excluding tert-OH is 3. The number of primary amides is 2. The van der Waals surface area contributed by atoms with Gasteiger partial charge in [-0.2, -0.15) is 0 Å². The summed E-state index contributed by atoms with van der Waals surface area (Å²) in [7, 11) is 0.227. The minimum atomic E-state index is -2.56. The average molecular weight is 1450 g/mol. The number of carbonyl (C=O) groups is 14. The first kappa shape index (κ1) is 82.6. The standard InChI is InChI=1S/C64H95N17O20S/c1-9-33(4)52-58(93)70-26-49(87)73-46(56(91)76-45(25-48(65)86)61(95)81-20-18-38(84)28-81)31-102(99)60-41(24-44(54(89)69-27-50(88)78-52)75-59(94)53(71-35(6)83)34(5)47(85)29-82)40-17-16-39(23-43(40)77-60)101-64(98)80(8)22-21-79(7)63(97)100-30-36-12-14-37(15-13-36)72-55(90)42(11-10-19-68-62(67)96)74-57(92)51(66)32(2)3/h12-17,23,32-34,38,42,44-47,51-53,77,82,84-85H,9-11,18-22,24-31,66H2,1-8H3,(H2,65,86)(H,69,89)(H,70,93)(H,71,83)(H,72,90)(H,73,87)(H,74,92)(H,75,94)(H,76,91)(H,78,88)(H3,67,68,96)/t33-,34-,38+,42-,44+,45-,46-,47-,51-,52-,53-,102?/m0/s1. The number of likely N-dealkylation sites (N-methyl/N-ethyl adjacent to an activating group) is 2. The van der Waals surface area contributed by atoms with E-state index in [1.165, 1.54) is 49.0 Å². The Kier molecular flexibility index (Phi) is 31.8. The Bertz CT molecular complexity index is 3560. The summed E-state index contributed by atoms with van der Waals surface area (Å²) in [6, 6.07) is -0.660. The molecule has 2 aromatic carbocycles. The molecule has 15 amide bonds. The van der Waals surface area contributed by atoms with E-state index in [0.29, 0.717) is 24.1 Å². The van der Waals surface area contributed by atoms with E-state index in [4.69, 9.17) is 26.7 Å². The number of aliphatic hydroxyl groups is 3. The maximum Gasteiger partial charge on any atom is 0.415 e. The van der Waals surface area contributed by atoms with Crippen molar-refractivity contribution in [2.75, 3.05) is 77.6 Å². The molecule has 1 fully saturated rings. The second-order valence-corrected chi connectivity index (χ2v) is 26.8. The number of rotatable bonds is 28. The number of ether oxygens (including phenoxy) is 2. The SMILES string of the molecule is CC[C@H](C)[C@@H]1NC(=O)CNC(=O)[C@H](NC(=O)[C@@H](NC(C)=O)[C@@H](C)[C@@H](O)CO)Cc2c([nH]c3cc(OC(=O)N(C)CCN(C)C(=O)OCc4ccc(NC(=O)[C@H](CCCNC(N)=O)NC(=O)[C@@H](N)C(C)C)cc4)ccc23)S(=O)C[C@@H](C(=O)N[C@@H](CC(N)=O)C(=O)N2CC[C@@H](O)C2)NC(=O)CNC1=O. The van der Waals surface area contributed by atoms with E-state index in [0.717, 1.165) is 11.8 Å². The highest BCUT2D eigenvalue weighted by Crippen LogP contribution is 2.31. The van der Waals surface area contributed by atoms with E-state index < -0.39 is 199 Å². The maximum atomic E-state index is 15.2. The van der Waals surface area contributed by atoms with E-state index in [2.05, 4.69) is 58.2 Å². The zero-order valence-electron chi connectivity index (χ0n) is 58.0. The van der Waals surface area contributed by atoms with Crippen molar-refractivity contribution < 1.29 is 96.1 Å². The fraction of sp³-hybridized carbons (Fsp3) is 0.562. The van der Waals surface area contributed by atoms with E-state index in [9.17, 15) is 82.4 Å². The van der Waals surface area contributed by atoms with Crippen molar-refractivity contribution in [2.24, 2.45) is 35.0 Å². The van der Waals surface area contributed by atoms with Gasteiger partial charge in [0.2, 0.25) is 65.0 Å². The van der Waals surface area contributed by atoms with Crippen molar-refractivity contribution in [3.63, 3.8) is 0 Å². The van der Waals surface area contributed by atoms with Crippen LogP contribution in [-0.4, -0.2) is 249 Å². The van der Waals surface area contributed by atoms with Gasteiger partial charge < -0.3 is 115 Å². The van der Waals surface area contributed by atoms with Gasteiger partial charge in [-0.05, 0) is 66.5 Å². The molecule has 1 unspecified atom stereocenters. The number of amides is 15. The molecule has 1 saturated heterocycles. The van der Waals surface area contributed by atoms with Gasteiger partial charge in [0.15, 0.2) is 0 Å². The van der Waals surface area contributed by atoms with Crippen LogP contribution in [0, 0.1) is 17.8 Å². The third-order valence-electron chi connectivity index (χ3n) is 17.0. The number of nitrogens with one attached hydrogen (secondary N) is 11. The van der Waals surface area contributed by atoms with E-state index in [1.54, 1.807) is 52.0 Å². The van der Waals surface area contributed by atoms with Gasteiger partial charge in [-0.15, -0.1) is 0 Å². The van der Waals surface area contributed by atoms with Gasteiger partial charge in [-0.1, -0.05) is 53.2 Å². The van der Waals surface area contributed by atoms with Crippen molar-refractivity contribution >= 4 is 111 Å². The highest BCUT2D eigenvalue weighted by atomic mass is 32.2. The van der Waals surface area contributed by atoms with Gasteiger partial charge in [0, 0.05) is 83.2 Å². The van der Waals surface area contributed by atoms with Crippen LogP contribution in [0.3, 0.4) is 0 Å². The summed E-state index contributed by atoms with van der Waals surface area (Å²) in [4.78, 5) is 194.